The summed E-state index contributed by atoms with van der Waals surface area (Å²) in [5, 5.41) is 20.9. The monoisotopic (exact) mass is 440 g/mol. The maximum atomic E-state index is 10.1. The molecule has 3 aromatic carbocycles. The van der Waals surface area contributed by atoms with Crippen molar-refractivity contribution in [2.45, 2.75) is 10.9 Å². The van der Waals surface area contributed by atoms with Crippen LogP contribution in [0, 0.1) is 0 Å². The van der Waals surface area contributed by atoms with Gasteiger partial charge in [0.2, 0.25) is 0 Å². The fourth-order valence-corrected chi connectivity index (χ4v) is 4.54. The zero-order valence-electron chi connectivity index (χ0n) is 17.3. The van der Waals surface area contributed by atoms with Crippen LogP contribution >= 0.6 is 11.8 Å². The van der Waals surface area contributed by atoms with Crippen molar-refractivity contribution in [1.82, 2.24) is 19.7 Å². The molecule has 32 heavy (non-hydrogen) atoms. The van der Waals surface area contributed by atoms with E-state index in [9.17, 15) is 5.11 Å². The van der Waals surface area contributed by atoms with Crippen molar-refractivity contribution in [3.63, 3.8) is 0 Å². The number of phenolic OH excluding ortho intramolecular Hbond substituents is 1. The molecule has 0 fully saturated rings. The third-order valence-electron chi connectivity index (χ3n) is 5.19. The lowest BCUT2D eigenvalue weighted by molar-refractivity contribution is 0.415. The van der Waals surface area contributed by atoms with E-state index in [-0.39, 0.29) is 5.75 Å². The number of rotatable bonds is 6. The van der Waals surface area contributed by atoms with Gasteiger partial charge in [0.15, 0.2) is 11.0 Å². The molecule has 0 amide bonds. The highest BCUT2D eigenvalue weighted by molar-refractivity contribution is 7.98. The Morgan fingerprint density at radius 2 is 1.72 bits per heavy atom. The summed E-state index contributed by atoms with van der Waals surface area (Å²) in [5.41, 5.74) is 3.62. The lowest BCUT2D eigenvalue weighted by Gasteiger charge is -2.11. The van der Waals surface area contributed by atoms with Crippen LogP contribution in [-0.4, -0.2) is 32.0 Å². The first-order valence-electron chi connectivity index (χ1n) is 10.1. The molecule has 5 rings (SSSR count). The standard InChI is InChI=1S/C25H20N4O2S/c1-31-20-12-9-17(10-13-20)24-27-28-25(29(24)19-6-3-2-4-7-19)32-16-18-11-14-22(30)23-21(18)8-5-15-26-23/h2-15,30H,16H2,1H3. The zero-order chi connectivity index (χ0) is 21.9. The highest BCUT2D eigenvalue weighted by Gasteiger charge is 2.17. The lowest BCUT2D eigenvalue weighted by atomic mass is 10.1. The van der Waals surface area contributed by atoms with E-state index in [0.717, 1.165) is 38.9 Å². The summed E-state index contributed by atoms with van der Waals surface area (Å²) in [7, 11) is 1.65. The molecule has 0 aliphatic heterocycles. The minimum Gasteiger partial charge on any atom is -0.506 e. The van der Waals surface area contributed by atoms with Crippen molar-refractivity contribution in [2.75, 3.05) is 7.11 Å². The van der Waals surface area contributed by atoms with Gasteiger partial charge in [-0.15, -0.1) is 10.2 Å². The molecule has 1 N–H and O–H groups in total. The largest absolute Gasteiger partial charge is 0.506 e. The van der Waals surface area contributed by atoms with E-state index in [1.165, 1.54) is 0 Å². The Morgan fingerprint density at radius 3 is 2.50 bits per heavy atom. The second-order valence-electron chi connectivity index (χ2n) is 7.14. The Labute approximate surface area is 189 Å². The van der Waals surface area contributed by atoms with E-state index >= 15 is 0 Å². The number of phenols is 1. The molecule has 0 unspecified atom stereocenters. The number of fused-ring (bicyclic) bond motifs is 1. The molecule has 2 heterocycles. The molecule has 0 atom stereocenters. The number of pyridine rings is 1. The molecule has 158 valence electrons. The maximum Gasteiger partial charge on any atom is 0.196 e. The van der Waals surface area contributed by atoms with E-state index in [0.29, 0.717) is 11.3 Å². The van der Waals surface area contributed by atoms with Gasteiger partial charge in [0.1, 0.15) is 17.0 Å². The van der Waals surface area contributed by atoms with Crippen LogP contribution in [0.25, 0.3) is 28.0 Å². The first kappa shape index (κ1) is 20.1. The summed E-state index contributed by atoms with van der Waals surface area (Å²) >= 11 is 1.59. The summed E-state index contributed by atoms with van der Waals surface area (Å²) in [6, 6.07) is 25.4. The van der Waals surface area contributed by atoms with Crippen molar-refractivity contribution in [3.05, 3.63) is 90.6 Å². The summed E-state index contributed by atoms with van der Waals surface area (Å²) in [5.74, 6) is 2.40. The van der Waals surface area contributed by atoms with E-state index in [1.54, 1.807) is 31.1 Å². The van der Waals surface area contributed by atoms with E-state index in [1.807, 2.05) is 72.8 Å². The summed E-state index contributed by atoms with van der Waals surface area (Å²) in [6.07, 6.45) is 1.69. The van der Waals surface area contributed by atoms with Crippen molar-refractivity contribution < 1.29 is 9.84 Å². The molecule has 5 aromatic rings. The van der Waals surface area contributed by atoms with Gasteiger partial charge in [0.05, 0.1) is 7.11 Å². The molecule has 0 spiro atoms. The number of nitrogens with zero attached hydrogens (tertiary/aromatic N) is 4. The van der Waals surface area contributed by atoms with Gasteiger partial charge in [0.25, 0.3) is 0 Å². The molecule has 0 radical (unpaired) electrons. The molecule has 0 aliphatic rings. The predicted molar refractivity (Wildman–Crippen MR) is 126 cm³/mol. The lowest BCUT2D eigenvalue weighted by Crippen LogP contribution is -2.00. The zero-order valence-corrected chi connectivity index (χ0v) is 18.2. The normalized spacial score (nSPS) is 11.0. The predicted octanol–water partition coefficient (Wildman–Crippen LogP) is 5.49. The van der Waals surface area contributed by atoms with Crippen molar-refractivity contribution in [2.24, 2.45) is 0 Å². The van der Waals surface area contributed by atoms with Gasteiger partial charge < -0.3 is 9.84 Å². The first-order chi connectivity index (χ1) is 15.7. The number of thioether (sulfide) groups is 1. The highest BCUT2D eigenvalue weighted by Crippen LogP contribution is 2.33. The summed E-state index contributed by atoms with van der Waals surface area (Å²) in [4.78, 5) is 4.32. The van der Waals surface area contributed by atoms with Gasteiger partial charge >= 0.3 is 0 Å². The molecular formula is C25H20N4O2S. The van der Waals surface area contributed by atoms with Gasteiger partial charge in [-0.25, -0.2) is 0 Å². The highest BCUT2D eigenvalue weighted by atomic mass is 32.2. The number of methoxy groups -OCH3 is 1. The van der Waals surface area contributed by atoms with Crippen LogP contribution in [0.4, 0.5) is 0 Å². The Hall–Kier alpha value is -3.84. The third-order valence-corrected chi connectivity index (χ3v) is 6.17. The number of hydrogen-bond acceptors (Lipinski definition) is 6. The maximum absolute atomic E-state index is 10.1. The van der Waals surface area contributed by atoms with Gasteiger partial charge in [-0.3, -0.25) is 9.55 Å². The van der Waals surface area contributed by atoms with Crippen LogP contribution in [0.15, 0.2) is 90.2 Å². The summed E-state index contributed by atoms with van der Waals surface area (Å²) in [6.45, 7) is 0. The number of para-hydroxylation sites is 1. The van der Waals surface area contributed by atoms with Crippen LogP contribution < -0.4 is 4.74 Å². The Morgan fingerprint density at radius 1 is 0.906 bits per heavy atom. The molecule has 0 aliphatic carbocycles. The van der Waals surface area contributed by atoms with E-state index < -0.39 is 0 Å². The SMILES string of the molecule is COc1ccc(-c2nnc(SCc3ccc(O)c4ncccc34)n2-c2ccccc2)cc1. The topological polar surface area (TPSA) is 73.1 Å². The number of ether oxygens (including phenoxy) is 1. The fourth-order valence-electron chi connectivity index (χ4n) is 3.59. The second kappa shape index (κ2) is 8.72. The average Bonchev–Trinajstić information content (AvgIpc) is 3.28. The number of aromatic hydroxyl groups is 1. The van der Waals surface area contributed by atoms with Crippen LogP contribution in [0.5, 0.6) is 11.5 Å². The molecule has 0 saturated heterocycles. The van der Waals surface area contributed by atoms with Gasteiger partial charge in [-0.1, -0.05) is 42.1 Å². The second-order valence-corrected chi connectivity index (χ2v) is 8.08. The van der Waals surface area contributed by atoms with Crippen LogP contribution in [0.1, 0.15) is 5.56 Å². The Kier molecular flexibility index (Phi) is 5.47. The molecule has 6 nitrogen and oxygen atoms in total. The van der Waals surface area contributed by atoms with Gasteiger partial charge in [0, 0.05) is 28.6 Å². The Bertz CT molecular complexity index is 1370. The molecule has 7 heteroatoms. The minimum atomic E-state index is 0.184. The first-order valence-corrected chi connectivity index (χ1v) is 11.1. The van der Waals surface area contributed by atoms with Crippen LogP contribution in [0.2, 0.25) is 0 Å². The van der Waals surface area contributed by atoms with Crippen LogP contribution in [0.3, 0.4) is 0 Å². The molecule has 2 aromatic heterocycles. The van der Waals surface area contributed by atoms with Crippen molar-refractivity contribution in [3.8, 4) is 28.6 Å². The molecule has 0 bridgehead atoms. The molecule has 0 saturated carbocycles. The Balaban J connectivity index is 1.53. The van der Waals surface area contributed by atoms with Crippen molar-refractivity contribution in [1.29, 1.82) is 0 Å². The average molecular weight is 441 g/mol. The molecular weight excluding hydrogens is 420 g/mol. The number of aromatic nitrogens is 4. The van der Waals surface area contributed by atoms with Gasteiger partial charge in [-0.05, 0) is 54.1 Å². The smallest absolute Gasteiger partial charge is 0.196 e. The quantitative estimate of drug-likeness (QED) is 0.352. The number of benzene rings is 3. The van der Waals surface area contributed by atoms with Crippen molar-refractivity contribution >= 4 is 22.7 Å². The minimum absolute atomic E-state index is 0.184. The third kappa shape index (κ3) is 3.78. The number of hydrogen-bond donors (Lipinski definition) is 1. The fraction of sp³-hybridized carbons (Fsp3) is 0.0800. The van der Waals surface area contributed by atoms with E-state index in [2.05, 4.69) is 19.7 Å². The van der Waals surface area contributed by atoms with Gasteiger partial charge in [-0.2, -0.15) is 0 Å². The van der Waals surface area contributed by atoms with Crippen LogP contribution in [-0.2, 0) is 5.75 Å². The summed E-state index contributed by atoms with van der Waals surface area (Å²) < 4.78 is 7.35. The van der Waals surface area contributed by atoms with E-state index in [4.69, 9.17) is 4.74 Å².